The van der Waals surface area contributed by atoms with E-state index >= 15 is 0 Å². The summed E-state index contributed by atoms with van der Waals surface area (Å²) < 4.78 is 22.1. The van der Waals surface area contributed by atoms with Crippen LogP contribution in [0.25, 0.3) is 11.5 Å². The molecule has 0 N–H and O–H groups in total. The van der Waals surface area contributed by atoms with Crippen molar-refractivity contribution in [3.05, 3.63) is 71.6 Å². The van der Waals surface area contributed by atoms with E-state index in [1.165, 1.54) is 12.1 Å². The van der Waals surface area contributed by atoms with Crippen molar-refractivity contribution in [2.75, 3.05) is 6.61 Å². The Morgan fingerprint density at radius 1 is 0.889 bits per heavy atom. The van der Waals surface area contributed by atoms with Gasteiger partial charge in [-0.15, -0.1) is 0 Å². The van der Waals surface area contributed by atoms with Gasteiger partial charge in [0.2, 0.25) is 17.5 Å². The number of ketones is 2. The maximum Gasteiger partial charge on any atom is 0.377 e. The molecule has 1 heterocycles. The molecule has 0 atom stereocenters. The van der Waals surface area contributed by atoms with Gasteiger partial charge >= 0.3 is 11.9 Å². The van der Waals surface area contributed by atoms with Crippen LogP contribution in [0.4, 0.5) is 0 Å². The van der Waals surface area contributed by atoms with Crippen LogP contribution < -0.4 is 4.74 Å². The lowest BCUT2D eigenvalue weighted by molar-refractivity contribution is -0.234. The number of hydrogen-bond acceptors (Lipinski definition) is 9. The largest absolute Gasteiger partial charge is 0.493 e. The Labute approximate surface area is 208 Å². The Bertz CT molecular complexity index is 1220. The second-order valence-corrected chi connectivity index (χ2v) is 8.01. The minimum Gasteiger partial charge on any atom is -0.493 e. The van der Waals surface area contributed by atoms with Crippen molar-refractivity contribution in [1.29, 1.82) is 0 Å². The molecule has 0 unspecified atom stereocenters. The first kappa shape index (κ1) is 26.3. The fourth-order valence-electron chi connectivity index (χ4n) is 3.37. The molecule has 0 radical (unpaired) electrons. The Morgan fingerprint density at radius 3 is 2.00 bits per heavy atom. The van der Waals surface area contributed by atoms with Crippen LogP contribution in [0.1, 0.15) is 44.2 Å². The number of rotatable bonds is 11. The van der Waals surface area contributed by atoms with Gasteiger partial charge in [-0.05, 0) is 43.3 Å². The standard InChI is InChI=1S/C27H27NO8/c1-5-27(35-25(31)17(2)29,36-26(32)18(3)30)21-11-13-22(14-12-21)33-16-15-23-19(4)34-24(28-23)20-9-7-6-8-10-20/h6-14H,5,15-16H2,1-4H3. The predicted octanol–water partition coefficient (Wildman–Crippen LogP) is 4.10. The summed E-state index contributed by atoms with van der Waals surface area (Å²) in [5.41, 5.74) is 1.93. The van der Waals surface area contributed by atoms with Crippen LogP contribution in [-0.2, 0) is 40.9 Å². The molecular weight excluding hydrogens is 466 g/mol. The summed E-state index contributed by atoms with van der Waals surface area (Å²) in [7, 11) is 0. The average molecular weight is 494 g/mol. The summed E-state index contributed by atoms with van der Waals surface area (Å²) in [5.74, 6) is -4.30. The van der Waals surface area contributed by atoms with Gasteiger partial charge in [-0.1, -0.05) is 25.1 Å². The molecule has 0 saturated heterocycles. The lowest BCUT2D eigenvalue weighted by Gasteiger charge is -2.31. The second kappa shape index (κ2) is 11.4. The molecule has 0 saturated carbocycles. The van der Waals surface area contributed by atoms with E-state index < -0.39 is 29.3 Å². The van der Waals surface area contributed by atoms with E-state index in [1.807, 2.05) is 37.3 Å². The van der Waals surface area contributed by atoms with Gasteiger partial charge in [0.25, 0.3) is 5.79 Å². The molecule has 0 bridgehead atoms. The molecule has 3 aromatic rings. The molecule has 36 heavy (non-hydrogen) atoms. The van der Waals surface area contributed by atoms with Gasteiger partial charge in [-0.2, -0.15) is 0 Å². The molecular formula is C27H27NO8. The van der Waals surface area contributed by atoms with E-state index in [9.17, 15) is 19.2 Å². The zero-order valence-electron chi connectivity index (χ0n) is 20.5. The van der Waals surface area contributed by atoms with Gasteiger partial charge < -0.3 is 18.6 Å². The molecule has 0 aliphatic heterocycles. The maximum atomic E-state index is 12.0. The van der Waals surface area contributed by atoms with Crippen molar-refractivity contribution in [2.24, 2.45) is 0 Å². The van der Waals surface area contributed by atoms with Crippen LogP contribution in [0.15, 0.2) is 59.0 Å². The molecule has 1 aromatic heterocycles. The van der Waals surface area contributed by atoms with Crippen LogP contribution in [0.3, 0.4) is 0 Å². The van der Waals surface area contributed by atoms with Crippen LogP contribution in [0, 0.1) is 6.92 Å². The normalized spacial score (nSPS) is 11.0. The van der Waals surface area contributed by atoms with Crippen molar-refractivity contribution in [2.45, 2.75) is 46.3 Å². The van der Waals surface area contributed by atoms with E-state index in [0.29, 0.717) is 30.4 Å². The van der Waals surface area contributed by atoms with E-state index in [1.54, 1.807) is 19.1 Å². The number of carbonyl (C=O) groups is 4. The van der Waals surface area contributed by atoms with Gasteiger partial charge in [-0.3, -0.25) is 9.59 Å². The minimum absolute atomic E-state index is 0.0274. The highest BCUT2D eigenvalue weighted by Crippen LogP contribution is 2.33. The number of aromatic nitrogens is 1. The van der Waals surface area contributed by atoms with Crippen LogP contribution in [0.2, 0.25) is 0 Å². The molecule has 9 heteroatoms. The summed E-state index contributed by atoms with van der Waals surface area (Å²) in [6.45, 7) is 5.82. The smallest absolute Gasteiger partial charge is 0.377 e. The average Bonchev–Trinajstić information content (AvgIpc) is 3.24. The number of carbonyl (C=O) groups excluding carboxylic acids is 4. The first-order valence-electron chi connectivity index (χ1n) is 11.4. The quantitative estimate of drug-likeness (QED) is 0.221. The Morgan fingerprint density at radius 2 is 1.47 bits per heavy atom. The first-order chi connectivity index (χ1) is 17.1. The summed E-state index contributed by atoms with van der Waals surface area (Å²) in [6.07, 6.45) is 0.482. The van der Waals surface area contributed by atoms with Crippen LogP contribution in [-0.4, -0.2) is 35.1 Å². The molecule has 9 nitrogen and oxygen atoms in total. The third kappa shape index (κ3) is 6.24. The Balaban J connectivity index is 1.71. The number of aryl methyl sites for hydroxylation is 1. The molecule has 0 aliphatic rings. The molecule has 0 aliphatic carbocycles. The van der Waals surface area contributed by atoms with Gasteiger partial charge in [-0.25, -0.2) is 14.6 Å². The third-order valence-electron chi connectivity index (χ3n) is 5.37. The van der Waals surface area contributed by atoms with Gasteiger partial charge in [0, 0.05) is 37.8 Å². The summed E-state index contributed by atoms with van der Waals surface area (Å²) in [6, 6.07) is 15.9. The number of benzene rings is 2. The fourth-order valence-corrected chi connectivity index (χ4v) is 3.37. The van der Waals surface area contributed by atoms with E-state index in [0.717, 1.165) is 25.1 Å². The summed E-state index contributed by atoms with van der Waals surface area (Å²) in [5, 5.41) is 0. The zero-order valence-corrected chi connectivity index (χ0v) is 20.5. The number of oxazole rings is 1. The molecule has 0 spiro atoms. The second-order valence-electron chi connectivity index (χ2n) is 8.01. The predicted molar refractivity (Wildman–Crippen MR) is 128 cm³/mol. The maximum absolute atomic E-state index is 12.0. The topological polar surface area (TPSA) is 122 Å². The SMILES string of the molecule is CCC(OC(=O)C(C)=O)(OC(=O)C(C)=O)c1ccc(OCCc2nc(-c3ccccc3)oc2C)cc1. The zero-order chi connectivity index (χ0) is 26.3. The number of nitrogens with zero attached hydrogens (tertiary/aromatic N) is 1. The van der Waals surface area contributed by atoms with Crippen LogP contribution in [0.5, 0.6) is 5.75 Å². The first-order valence-corrected chi connectivity index (χ1v) is 11.4. The van der Waals surface area contributed by atoms with Gasteiger partial charge in [0.1, 0.15) is 11.5 Å². The van der Waals surface area contributed by atoms with E-state index in [2.05, 4.69) is 4.98 Å². The molecule has 2 aromatic carbocycles. The summed E-state index contributed by atoms with van der Waals surface area (Å²) >= 11 is 0. The highest BCUT2D eigenvalue weighted by Gasteiger charge is 2.41. The minimum atomic E-state index is -1.93. The number of esters is 2. The summed E-state index contributed by atoms with van der Waals surface area (Å²) in [4.78, 5) is 51.5. The van der Waals surface area contributed by atoms with Crippen LogP contribution >= 0.6 is 0 Å². The molecule has 0 fully saturated rings. The number of ether oxygens (including phenoxy) is 3. The van der Waals surface area contributed by atoms with Gasteiger partial charge in [0.15, 0.2) is 0 Å². The highest BCUT2D eigenvalue weighted by atomic mass is 16.7. The van der Waals surface area contributed by atoms with Crippen molar-refractivity contribution in [3.8, 4) is 17.2 Å². The highest BCUT2D eigenvalue weighted by molar-refractivity contribution is 6.33. The number of Topliss-reactive ketones (excluding diaryl/α,β-unsaturated/α-hetero) is 2. The van der Waals surface area contributed by atoms with Gasteiger partial charge in [0.05, 0.1) is 12.3 Å². The van der Waals surface area contributed by atoms with Crippen molar-refractivity contribution >= 4 is 23.5 Å². The van der Waals surface area contributed by atoms with Crippen molar-refractivity contribution in [1.82, 2.24) is 4.98 Å². The Hall–Kier alpha value is -4.27. The lowest BCUT2D eigenvalue weighted by Crippen LogP contribution is -2.40. The van der Waals surface area contributed by atoms with E-state index in [4.69, 9.17) is 18.6 Å². The molecule has 188 valence electrons. The molecule has 3 rings (SSSR count). The monoisotopic (exact) mass is 493 g/mol. The molecule has 0 amide bonds. The van der Waals surface area contributed by atoms with E-state index in [-0.39, 0.29) is 12.0 Å². The van der Waals surface area contributed by atoms with Crippen molar-refractivity contribution in [3.63, 3.8) is 0 Å². The Kier molecular flexibility index (Phi) is 8.37. The fraction of sp³-hybridized carbons (Fsp3) is 0.296. The lowest BCUT2D eigenvalue weighted by atomic mass is 10.0. The van der Waals surface area contributed by atoms with Crippen molar-refractivity contribution < 1.29 is 37.8 Å². The third-order valence-corrected chi connectivity index (χ3v) is 5.37. The number of hydrogen-bond donors (Lipinski definition) is 0.